The maximum Gasteiger partial charge on any atom is 0.222 e. The predicted molar refractivity (Wildman–Crippen MR) is 77.7 cm³/mol. The summed E-state index contributed by atoms with van der Waals surface area (Å²) in [6, 6.07) is 0. The van der Waals surface area contributed by atoms with E-state index in [1.807, 2.05) is 18.0 Å². The molecule has 0 bridgehead atoms. The van der Waals surface area contributed by atoms with Crippen molar-refractivity contribution in [2.75, 3.05) is 26.8 Å². The number of rotatable bonds is 6. The summed E-state index contributed by atoms with van der Waals surface area (Å²) in [5, 5.41) is 0. The minimum Gasteiger partial charge on any atom is -0.385 e. The molecule has 1 unspecified atom stereocenters. The van der Waals surface area contributed by atoms with Crippen LogP contribution in [-0.4, -0.2) is 47.2 Å². The summed E-state index contributed by atoms with van der Waals surface area (Å²) < 4.78 is 7.40. The van der Waals surface area contributed by atoms with Gasteiger partial charge in [-0.3, -0.25) is 4.79 Å². The second-order valence-electron chi connectivity index (χ2n) is 5.43. The molecule has 1 atom stereocenters. The molecule has 0 spiro atoms. The number of ether oxygens (including phenoxy) is 1. The Labute approximate surface area is 120 Å². The van der Waals surface area contributed by atoms with Gasteiger partial charge in [-0.1, -0.05) is 6.92 Å². The lowest BCUT2D eigenvalue weighted by Crippen LogP contribution is -2.27. The van der Waals surface area contributed by atoms with Crippen LogP contribution in [0.25, 0.3) is 0 Å². The van der Waals surface area contributed by atoms with E-state index in [1.165, 1.54) is 5.69 Å². The van der Waals surface area contributed by atoms with E-state index in [-0.39, 0.29) is 5.91 Å². The molecule has 0 saturated carbocycles. The number of methoxy groups -OCH3 is 1. The highest BCUT2D eigenvalue weighted by atomic mass is 16.5. The molecule has 1 saturated heterocycles. The Bertz CT molecular complexity index is 456. The zero-order chi connectivity index (χ0) is 14.5. The summed E-state index contributed by atoms with van der Waals surface area (Å²) in [4.78, 5) is 18.3. The van der Waals surface area contributed by atoms with E-state index in [0.29, 0.717) is 12.3 Å². The number of likely N-dealkylation sites (tertiary alicyclic amines) is 1. The number of carbonyl (C=O) groups is 1. The zero-order valence-corrected chi connectivity index (χ0v) is 12.8. The molecule has 1 aliphatic rings. The molecule has 2 rings (SSSR count). The highest BCUT2D eigenvalue weighted by Gasteiger charge is 2.29. The van der Waals surface area contributed by atoms with E-state index in [9.17, 15) is 4.79 Å². The van der Waals surface area contributed by atoms with Crippen molar-refractivity contribution >= 4 is 5.91 Å². The third-order valence-electron chi connectivity index (χ3n) is 4.02. The second kappa shape index (κ2) is 6.88. The van der Waals surface area contributed by atoms with Gasteiger partial charge in [0.05, 0.1) is 0 Å². The summed E-state index contributed by atoms with van der Waals surface area (Å²) >= 11 is 0. The van der Waals surface area contributed by atoms with Gasteiger partial charge in [-0.25, -0.2) is 4.98 Å². The fourth-order valence-electron chi connectivity index (χ4n) is 2.88. The molecule has 1 aliphatic heterocycles. The minimum atomic E-state index is 0.252. The van der Waals surface area contributed by atoms with Crippen LogP contribution in [0.3, 0.4) is 0 Å². The highest BCUT2D eigenvalue weighted by molar-refractivity contribution is 5.76. The largest absolute Gasteiger partial charge is 0.385 e. The monoisotopic (exact) mass is 279 g/mol. The van der Waals surface area contributed by atoms with Gasteiger partial charge in [0.2, 0.25) is 5.91 Å². The van der Waals surface area contributed by atoms with Crippen molar-refractivity contribution < 1.29 is 9.53 Å². The van der Waals surface area contributed by atoms with Crippen molar-refractivity contribution in [2.45, 2.75) is 45.6 Å². The van der Waals surface area contributed by atoms with Gasteiger partial charge in [0.15, 0.2) is 0 Å². The number of aryl methyl sites for hydroxylation is 1. The van der Waals surface area contributed by atoms with Gasteiger partial charge in [-0.15, -0.1) is 0 Å². The molecule has 1 aromatic heterocycles. The first kappa shape index (κ1) is 15.0. The number of hydrogen-bond donors (Lipinski definition) is 0. The van der Waals surface area contributed by atoms with Crippen LogP contribution in [0.1, 0.15) is 43.6 Å². The highest BCUT2D eigenvalue weighted by Crippen LogP contribution is 2.27. The maximum absolute atomic E-state index is 11.8. The number of nitrogens with zero attached hydrogens (tertiary/aromatic N) is 3. The van der Waals surface area contributed by atoms with Crippen LogP contribution in [-0.2, 0) is 16.1 Å². The number of carbonyl (C=O) groups excluding carboxylic acids is 1. The molecule has 1 amide bonds. The van der Waals surface area contributed by atoms with E-state index >= 15 is 0 Å². The molecular formula is C15H25N3O2. The summed E-state index contributed by atoms with van der Waals surface area (Å²) in [5.41, 5.74) is 1.19. The van der Waals surface area contributed by atoms with Crippen molar-refractivity contribution in [3.63, 3.8) is 0 Å². The number of aromatic nitrogens is 2. The molecule has 0 aliphatic carbocycles. The predicted octanol–water partition coefficient (Wildman–Crippen LogP) is 1.95. The Morgan fingerprint density at radius 3 is 3.05 bits per heavy atom. The van der Waals surface area contributed by atoms with Gasteiger partial charge < -0.3 is 14.2 Å². The smallest absolute Gasteiger partial charge is 0.222 e. The van der Waals surface area contributed by atoms with Gasteiger partial charge >= 0.3 is 0 Å². The van der Waals surface area contributed by atoms with Crippen LogP contribution in [0, 0.1) is 6.92 Å². The molecule has 2 heterocycles. The zero-order valence-electron chi connectivity index (χ0n) is 12.8. The van der Waals surface area contributed by atoms with Gasteiger partial charge in [0.1, 0.15) is 5.82 Å². The third-order valence-corrected chi connectivity index (χ3v) is 4.02. The van der Waals surface area contributed by atoms with Gasteiger partial charge in [0, 0.05) is 57.6 Å². The first-order valence-electron chi connectivity index (χ1n) is 7.46. The molecule has 5 heteroatoms. The molecule has 112 valence electrons. The Morgan fingerprint density at radius 1 is 1.55 bits per heavy atom. The fraction of sp³-hybridized carbons (Fsp3) is 0.733. The molecule has 0 N–H and O–H groups in total. The standard InChI is InChI=1S/C15H25N3O2/c1-4-14(19)17-8-6-13(11-17)15-16-10-12(2)18(15)7-5-9-20-3/h10,13H,4-9,11H2,1-3H3. The number of hydrogen-bond acceptors (Lipinski definition) is 3. The summed E-state index contributed by atoms with van der Waals surface area (Å²) in [7, 11) is 1.73. The minimum absolute atomic E-state index is 0.252. The van der Waals surface area contributed by atoms with Crippen LogP contribution in [0.5, 0.6) is 0 Å². The van der Waals surface area contributed by atoms with Crippen molar-refractivity contribution in [1.29, 1.82) is 0 Å². The molecule has 20 heavy (non-hydrogen) atoms. The van der Waals surface area contributed by atoms with E-state index < -0.39 is 0 Å². The average molecular weight is 279 g/mol. The van der Waals surface area contributed by atoms with Gasteiger partial charge in [0.25, 0.3) is 0 Å². The van der Waals surface area contributed by atoms with E-state index in [1.54, 1.807) is 7.11 Å². The second-order valence-corrected chi connectivity index (χ2v) is 5.43. The molecule has 0 radical (unpaired) electrons. The fourth-order valence-corrected chi connectivity index (χ4v) is 2.88. The summed E-state index contributed by atoms with van der Waals surface area (Å²) in [5.74, 6) is 1.76. The normalized spacial score (nSPS) is 18.8. The lowest BCUT2D eigenvalue weighted by atomic mass is 10.1. The van der Waals surface area contributed by atoms with Gasteiger partial charge in [-0.2, -0.15) is 0 Å². The molecule has 1 fully saturated rings. The lowest BCUT2D eigenvalue weighted by molar-refractivity contribution is -0.129. The molecule has 5 nitrogen and oxygen atoms in total. The van der Waals surface area contributed by atoms with E-state index in [2.05, 4.69) is 16.5 Å². The van der Waals surface area contributed by atoms with E-state index in [4.69, 9.17) is 4.74 Å². The van der Waals surface area contributed by atoms with Crippen LogP contribution in [0.4, 0.5) is 0 Å². The van der Waals surface area contributed by atoms with Crippen LogP contribution >= 0.6 is 0 Å². The summed E-state index contributed by atoms with van der Waals surface area (Å²) in [6.45, 7) is 7.39. The molecular weight excluding hydrogens is 254 g/mol. The van der Waals surface area contributed by atoms with Crippen LogP contribution in [0.15, 0.2) is 6.20 Å². The van der Waals surface area contributed by atoms with Crippen LogP contribution in [0.2, 0.25) is 0 Å². The molecule has 1 aromatic rings. The molecule has 0 aromatic carbocycles. The topological polar surface area (TPSA) is 47.4 Å². The number of amides is 1. The third kappa shape index (κ3) is 3.20. The summed E-state index contributed by atoms with van der Waals surface area (Å²) in [6.07, 6.45) is 4.54. The number of imidazole rings is 1. The van der Waals surface area contributed by atoms with Crippen LogP contribution < -0.4 is 0 Å². The Balaban J connectivity index is 2.04. The average Bonchev–Trinajstić information content (AvgIpc) is 3.06. The SMILES string of the molecule is CCC(=O)N1CCC(c2ncc(C)n2CCCOC)C1. The first-order chi connectivity index (χ1) is 9.67. The maximum atomic E-state index is 11.8. The van der Waals surface area contributed by atoms with Gasteiger partial charge in [-0.05, 0) is 19.8 Å². The lowest BCUT2D eigenvalue weighted by Gasteiger charge is -2.17. The Hall–Kier alpha value is -1.36. The van der Waals surface area contributed by atoms with Crippen molar-refractivity contribution in [2.24, 2.45) is 0 Å². The van der Waals surface area contributed by atoms with Crippen molar-refractivity contribution in [3.05, 3.63) is 17.7 Å². The Kier molecular flexibility index (Phi) is 5.17. The van der Waals surface area contributed by atoms with Crippen molar-refractivity contribution in [1.82, 2.24) is 14.5 Å². The first-order valence-corrected chi connectivity index (χ1v) is 7.46. The Morgan fingerprint density at radius 2 is 2.35 bits per heavy atom. The van der Waals surface area contributed by atoms with E-state index in [0.717, 1.165) is 44.9 Å². The van der Waals surface area contributed by atoms with Crippen molar-refractivity contribution in [3.8, 4) is 0 Å². The quantitative estimate of drug-likeness (QED) is 0.748.